The molecule has 1 saturated heterocycles. The van der Waals surface area contributed by atoms with Crippen molar-refractivity contribution in [2.75, 3.05) is 13.1 Å². The normalized spacial score (nSPS) is 15.6. The molecule has 0 aliphatic carbocycles. The van der Waals surface area contributed by atoms with Gasteiger partial charge in [-0.25, -0.2) is 4.79 Å². The van der Waals surface area contributed by atoms with Crippen LogP contribution < -0.4 is 5.69 Å². The smallest absolute Gasteiger partial charge is 0.326 e. The Morgan fingerprint density at radius 2 is 1.81 bits per heavy atom. The lowest BCUT2D eigenvalue weighted by Crippen LogP contribution is -2.40. The van der Waals surface area contributed by atoms with E-state index in [9.17, 15) is 9.59 Å². The zero-order valence-corrected chi connectivity index (χ0v) is 14.8. The van der Waals surface area contributed by atoms with Crippen molar-refractivity contribution in [1.29, 1.82) is 0 Å². The summed E-state index contributed by atoms with van der Waals surface area (Å²) in [6.07, 6.45) is 3.43. The summed E-state index contributed by atoms with van der Waals surface area (Å²) in [5.74, 6) is 0.0582. The van der Waals surface area contributed by atoms with Crippen molar-refractivity contribution in [2.24, 2.45) is 0 Å². The highest BCUT2D eigenvalue weighted by Gasteiger charge is 2.26. The Bertz CT molecular complexity index is 1190. The number of H-pyrrole nitrogens is 2. The van der Waals surface area contributed by atoms with Gasteiger partial charge >= 0.3 is 5.69 Å². The highest BCUT2D eigenvalue weighted by Crippen LogP contribution is 2.26. The van der Waals surface area contributed by atoms with Crippen LogP contribution in [0.3, 0.4) is 0 Å². The Morgan fingerprint density at radius 1 is 1.00 bits per heavy atom. The van der Waals surface area contributed by atoms with Crippen LogP contribution >= 0.6 is 0 Å². The summed E-state index contributed by atoms with van der Waals surface area (Å²) in [6.45, 7) is 1.31. The Balaban J connectivity index is 1.35. The monoisotopic (exact) mass is 360 g/mol. The van der Waals surface area contributed by atoms with Gasteiger partial charge in [0.15, 0.2) is 0 Å². The number of likely N-dealkylation sites (tertiary alicyclic amines) is 1. The molecular weight excluding hydrogens is 340 g/mol. The number of carbonyl (C=O) groups excluding carboxylic acids is 1. The fraction of sp³-hybridized carbons (Fsp3) is 0.238. The number of hydrogen-bond acceptors (Lipinski definition) is 2. The van der Waals surface area contributed by atoms with Crippen LogP contribution in [0.25, 0.3) is 21.9 Å². The fourth-order valence-electron chi connectivity index (χ4n) is 4.13. The molecule has 6 heteroatoms. The largest absolute Gasteiger partial charge is 0.361 e. The first-order chi connectivity index (χ1) is 13.2. The standard InChI is InChI=1S/C21H20N4O2/c26-20(15-5-6-17-14(13-15)7-10-22-17)24-11-8-16(9-12-24)25-19-4-2-1-3-18(19)23-21(25)27/h1-7,10,13,16,22H,8-9,11-12H2,(H,23,27). The number of piperidine rings is 1. The third-order valence-electron chi connectivity index (χ3n) is 5.54. The first-order valence-electron chi connectivity index (χ1n) is 9.26. The van der Waals surface area contributed by atoms with Crippen molar-refractivity contribution in [1.82, 2.24) is 19.4 Å². The molecule has 0 bridgehead atoms. The van der Waals surface area contributed by atoms with Gasteiger partial charge in [-0.3, -0.25) is 9.36 Å². The summed E-state index contributed by atoms with van der Waals surface area (Å²) >= 11 is 0. The Morgan fingerprint density at radius 3 is 2.67 bits per heavy atom. The van der Waals surface area contributed by atoms with Crippen LogP contribution in [0.4, 0.5) is 0 Å². The van der Waals surface area contributed by atoms with E-state index in [-0.39, 0.29) is 17.6 Å². The van der Waals surface area contributed by atoms with Gasteiger partial charge in [-0.15, -0.1) is 0 Å². The Kier molecular flexibility index (Phi) is 3.63. The van der Waals surface area contributed by atoms with Crippen molar-refractivity contribution >= 4 is 27.8 Å². The molecule has 1 fully saturated rings. The second-order valence-corrected chi connectivity index (χ2v) is 7.12. The van der Waals surface area contributed by atoms with Crippen LogP contribution in [0.2, 0.25) is 0 Å². The van der Waals surface area contributed by atoms with Gasteiger partial charge in [0.25, 0.3) is 5.91 Å². The van der Waals surface area contributed by atoms with Crippen LogP contribution in [-0.2, 0) is 0 Å². The average molecular weight is 360 g/mol. The van der Waals surface area contributed by atoms with E-state index in [0.29, 0.717) is 18.7 Å². The zero-order valence-electron chi connectivity index (χ0n) is 14.8. The molecule has 1 aliphatic heterocycles. The Hall–Kier alpha value is -3.28. The number of nitrogens with one attached hydrogen (secondary N) is 2. The van der Waals surface area contributed by atoms with Crippen LogP contribution in [0.5, 0.6) is 0 Å². The number of rotatable bonds is 2. The lowest BCUT2D eigenvalue weighted by atomic mass is 10.0. The number of nitrogens with zero attached hydrogens (tertiary/aromatic N) is 2. The second-order valence-electron chi connectivity index (χ2n) is 7.12. The maximum absolute atomic E-state index is 12.9. The average Bonchev–Trinajstić information content (AvgIpc) is 3.30. The van der Waals surface area contributed by atoms with Gasteiger partial charge in [-0.1, -0.05) is 12.1 Å². The molecule has 5 rings (SSSR count). The Labute approximate surface area is 155 Å². The highest BCUT2D eigenvalue weighted by molar-refractivity contribution is 5.98. The molecule has 1 amide bonds. The van der Waals surface area contributed by atoms with Crippen molar-refractivity contribution in [3.63, 3.8) is 0 Å². The van der Waals surface area contributed by atoms with Crippen molar-refractivity contribution < 1.29 is 4.79 Å². The predicted octanol–water partition coefficient (Wildman–Crippen LogP) is 3.29. The summed E-state index contributed by atoms with van der Waals surface area (Å²) < 4.78 is 1.85. The predicted molar refractivity (Wildman–Crippen MR) is 105 cm³/mol. The van der Waals surface area contributed by atoms with Gasteiger partial charge in [-0.2, -0.15) is 0 Å². The summed E-state index contributed by atoms with van der Waals surface area (Å²) in [7, 11) is 0. The van der Waals surface area contributed by atoms with Gasteiger partial charge in [0, 0.05) is 41.8 Å². The number of aromatic nitrogens is 3. The molecule has 4 aromatic rings. The summed E-state index contributed by atoms with van der Waals surface area (Å²) in [4.78, 5) is 33.2. The first kappa shape index (κ1) is 15.9. The molecule has 0 saturated carbocycles. The molecule has 2 aromatic carbocycles. The molecule has 2 aromatic heterocycles. The number of carbonyl (C=O) groups is 1. The molecule has 27 heavy (non-hydrogen) atoms. The fourth-order valence-corrected chi connectivity index (χ4v) is 4.13. The van der Waals surface area contributed by atoms with E-state index in [1.807, 2.05) is 64.2 Å². The van der Waals surface area contributed by atoms with Crippen LogP contribution in [0.15, 0.2) is 59.5 Å². The molecule has 6 nitrogen and oxygen atoms in total. The van der Waals surface area contributed by atoms with E-state index in [1.54, 1.807) is 0 Å². The van der Waals surface area contributed by atoms with Gasteiger partial charge in [0.2, 0.25) is 0 Å². The van der Waals surface area contributed by atoms with E-state index in [1.165, 1.54) is 0 Å². The number of benzene rings is 2. The third kappa shape index (κ3) is 2.65. The topological polar surface area (TPSA) is 73.9 Å². The molecule has 0 unspecified atom stereocenters. The number of amides is 1. The van der Waals surface area contributed by atoms with E-state index < -0.39 is 0 Å². The number of para-hydroxylation sites is 2. The highest BCUT2D eigenvalue weighted by atomic mass is 16.2. The minimum Gasteiger partial charge on any atom is -0.361 e. The molecule has 136 valence electrons. The third-order valence-corrected chi connectivity index (χ3v) is 5.54. The maximum Gasteiger partial charge on any atom is 0.326 e. The SMILES string of the molecule is O=C(c1ccc2[nH]ccc2c1)N1CCC(n2c(=O)[nH]c3ccccc32)CC1. The minimum absolute atomic E-state index is 0.0582. The van der Waals surface area contributed by atoms with E-state index in [0.717, 1.165) is 34.8 Å². The molecular formula is C21H20N4O2. The van der Waals surface area contributed by atoms with Gasteiger partial charge in [0.05, 0.1) is 11.0 Å². The van der Waals surface area contributed by atoms with E-state index >= 15 is 0 Å². The summed E-state index contributed by atoms with van der Waals surface area (Å²) in [6, 6.07) is 15.6. The van der Waals surface area contributed by atoms with Crippen LogP contribution in [0, 0.1) is 0 Å². The van der Waals surface area contributed by atoms with Gasteiger partial charge in [0.1, 0.15) is 0 Å². The van der Waals surface area contributed by atoms with Crippen molar-refractivity contribution in [3.8, 4) is 0 Å². The second kappa shape index (κ2) is 6.16. The lowest BCUT2D eigenvalue weighted by molar-refractivity contribution is 0.0695. The quantitative estimate of drug-likeness (QED) is 0.576. The van der Waals surface area contributed by atoms with Crippen molar-refractivity contribution in [3.05, 3.63) is 70.8 Å². The number of fused-ring (bicyclic) bond motifs is 2. The molecule has 0 radical (unpaired) electrons. The number of imidazole rings is 1. The summed E-state index contributed by atoms with van der Waals surface area (Å²) in [5, 5.41) is 1.04. The molecule has 0 spiro atoms. The molecule has 0 atom stereocenters. The molecule has 1 aliphatic rings. The maximum atomic E-state index is 12.9. The number of aromatic amines is 2. The molecule has 3 heterocycles. The van der Waals surface area contributed by atoms with Crippen molar-refractivity contribution in [2.45, 2.75) is 18.9 Å². The van der Waals surface area contributed by atoms with Crippen LogP contribution in [0.1, 0.15) is 29.2 Å². The summed E-state index contributed by atoms with van der Waals surface area (Å²) in [5.41, 5.74) is 3.47. The van der Waals surface area contributed by atoms with Crippen LogP contribution in [-0.4, -0.2) is 38.4 Å². The van der Waals surface area contributed by atoms with Gasteiger partial charge < -0.3 is 14.9 Å². The van der Waals surface area contributed by atoms with Gasteiger partial charge in [-0.05, 0) is 49.2 Å². The van der Waals surface area contributed by atoms with E-state index in [4.69, 9.17) is 0 Å². The molecule has 2 N–H and O–H groups in total. The lowest BCUT2D eigenvalue weighted by Gasteiger charge is -2.32. The first-order valence-corrected chi connectivity index (χ1v) is 9.26. The zero-order chi connectivity index (χ0) is 18.4. The van der Waals surface area contributed by atoms with E-state index in [2.05, 4.69) is 9.97 Å². The minimum atomic E-state index is -0.0705. The number of hydrogen-bond donors (Lipinski definition) is 2.